The van der Waals surface area contributed by atoms with Crippen molar-refractivity contribution < 1.29 is 5.11 Å². The van der Waals surface area contributed by atoms with E-state index in [2.05, 4.69) is 80.6 Å². The molecule has 4 atom stereocenters. The molecule has 2 heteroatoms. The Labute approximate surface area is 165 Å². The minimum atomic E-state index is -0.175. The normalized spacial score (nSPS) is 27.8. The predicted molar refractivity (Wildman–Crippen MR) is 115 cm³/mol. The van der Waals surface area contributed by atoms with Crippen LogP contribution in [0.2, 0.25) is 0 Å². The molecule has 0 bridgehead atoms. The molecular formula is C25H35NO. The quantitative estimate of drug-likeness (QED) is 0.660. The summed E-state index contributed by atoms with van der Waals surface area (Å²) in [4.78, 5) is 2.22. The molecule has 1 fully saturated rings. The van der Waals surface area contributed by atoms with Gasteiger partial charge in [-0.3, -0.25) is 0 Å². The minimum absolute atomic E-state index is 0.175. The second kappa shape index (κ2) is 9.52. The fraction of sp³-hybridized carbons (Fsp3) is 0.520. The zero-order chi connectivity index (χ0) is 19.2. The van der Waals surface area contributed by atoms with Crippen molar-refractivity contribution in [1.29, 1.82) is 0 Å². The van der Waals surface area contributed by atoms with Crippen LogP contribution < -0.4 is 0 Å². The van der Waals surface area contributed by atoms with Gasteiger partial charge >= 0.3 is 0 Å². The van der Waals surface area contributed by atoms with Crippen molar-refractivity contribution in [3.63, 3.8) is 0 Å². The van der Waals surface area contributed by atoms with E-state index in [9.17, 15) is 5.11 Å². The first kappa shape index (κ1) is 20.1. The number of hydrogen-bond acceptors (Lipinski definition) is 2. The highest BCUT2D eigenvalue weighted by atomic mass is 16.3. The van der Waals surface area contributed by atoms with Crippen LogP contribution in [0.25, 0.3) is 0 Å². The molecule has 0 spiro atoms. The average molecular weight is 366 g/mol. The van der Waals surface area contributed by atoms with Crippen molar-refractivity contribution in [2.45, 2.75) is 45.1 Å². The van der Waals surface area contributed by atoms with Crippen LogP contribution in [0.5, 0.6) is 0 Å². The molecule has 0 aromatic heterocycles. The summed E-state index contributed by atoms with van der Waals surface area (Å²) >= 11 is 0. The lowest BCUT2D eigenvalue weighted by molar-refractivity contribution is 0.141. The predicted octanol–water partition coefficient (Wildman–Crippen LogP) is 4.94. The molecule has 1 aromatic rings. The van der Waals surface area contributed by atoms with E-state index in [1.54, 1.807) is 0 Å². The molecule has 1 saturated carbocycles. The molecule has 1 aromatic carbocycles. The zero-order valence-electron chi connectivity index (χ0n) is 17.1. The van der Waals surface area contributed by atoms with Crippen molar-refractivity contribution in [2.75, 3.05) is 20.6 Å². The average Bonchev–Trinajstić information content (AvgIpc) is 3.13. The number of aliphatic hydroxyl groups is 1. The van der Waals surface area contributed by atoms with Crippen LogP contribution in [0.1, 0.15) is 36.8 Å². The topological polar surface area (TPSA) is 23.5 Å². The van der Waals surface area contributed by atoms with E-state index in [0.717, 1.165) is 38.6 Å². The molecule has 2 aliphatic rings. The summed E-state index contributed by atoms with van der Waals surface area (Å²) in [5, 5.41) is 10.5. The Morgan fingerprint density at radius 1 is 1.19 bits per heavy atom. The van der Waals surface area contributed by atoms with Crippen LogP contribution >= 0.6 is 0 Å². The molecule has 146 valence electrons. The molecule has 2 nitrogen and oxygen atoms in total. The summed E-state index contributed by atoms with van der Waals surface area (Å²) < 4.78 is 0. The van der Waals surface area contributed by atoms with Gasteiger partial charge < -0.3 is 10.0 Å². The second-order valence-corrected chi connectivity index (χ2v) is 8.60. The molecule has 2 aliphatic carbocycles. The first-order chi connectivity index (χ1) is 13.0. The van der Waals surface area contributed by atoms with E-state index in [-0.39, 0.29) is 6.10 Å². The summed E-state index contributed by atoms with van der Waals surface area (Å²) in [6.07, 6.45) is 16.7. The van der Waals surface area contributed by atoms with Gasteiger partial charge in [-0.15, -0.1) is 0 Å². The van der Waals surface area contributed by atoms with Gasteiger partial charge in [-0.05, 0) is 70.5 Å². The number of nitrogens with zero attached hydrogens (tertiary/aromatic N) is 1. The van der Waals surface area contributed by atoms with Crippen LogP contribution in [0.3, 0.4) is 0 Å². The molecule has 0 radical (unpaired) electrons. The van der Waals surface area contributed by atoms with Gasteiger partial charge in [0.1, 0.15) is 0 Å². The largest absolute Gasteiger partial charge is 0.392 e. The maximum Gasteiger partial charge on any atom is 0.0611 e. The van der Waals surface area contributed by atoms with Gasteiger partial charge in [0.05, 0.1) is 6.10 Å². The summed E-state index contributed by atoms with van der Waals surface area (Å²) in [6.45, 7) is 3.25. The van der Waals surface area contributed by atoms with Crippen LogP contribution in [0.4, 0.5) is 0 Å². The fourth-order valence-electron chi connectivity index (χ4n) is 4.61. The number of aryl methyl sites for hydroxylation is 2. The zero-order valence-corrected chi connectivity index (χ0v) is 17.1. The van der Waals surface area contributed by atoms with Gasteiger partial charge in [-0.25, -0.2) is 0 Å². The van der Waals surface area contributed by atoms with Crippen molar-refractivity contribution >= 4 is 0 Å². The number of aliphatic hydroxyl groups excluding tert-OH is 1. The first-order valence-corrected chi connectivity index (χ1v) is 10.4. The third-order valence-corrected chi connectivity index (χ3v) is 6.02. The van der Waals surface area contributed by atoms with Crippen molar-refractivity contribution in [3.05, 3.63) is 71.3 Å². The molecule has 3 rings (SSSR count). The van der Waals surface area contributed by atoms with Crippen molar-refractivity contribution in [1.82, 2.24) is 4.90 Å². The van der Waals surface area contributed by atoms with Crippen molar-refractivity contribution in [3.8, 4) is 0 Å². The van der Waals surface area contributed by atoms with Gasteiger partial charge in [-0.1, -0.05) is 65.8 Å². The third-order valence-electron chi connectivity index (χ3n) is 6.02. The Bertz CT molecular complexity index is 700. The third kappa shape index (κ3) is 5.67. The molecule has 0 saturated heterocycles. The van der Waals surface area contributed by atoms with Crippen LogP contribution in [-0.2, 0) is 6.42 Å². The molecule has 0 heterocycles. The van der Waals surface area contributed by atoms with Crippen molar-refractivity contribution in [2.24, 2.45) is 17.8 Å². The summed E-state index contributed by atoms with van der Waals surface area (Å²) in [5.41, 5.74) is 4.19. The maximum atomic E-state index is 10.5. The Morgan fingerprint density at radius 2 is 2.04 bits per heavy atom. The van der Waals surface area contributed by atoms with E-state index in [4.69, 9.17) is 0 Å². The number of hydrogen-bond donors (Lipinski definition) is 1. The highest BCUT2D eigenvalue weighted by Gasteiger charge is 2.42. The highest BCUT2D eigenvalue weighted by molar-refractivity contribution is 5.29. The summed E-state index contributed by atoms with van der Waals surface area (Å²) in [5.74, 6) is 1.46. The Morgan fingerprint density at radius 3 is 2.81 bits per heavy atom. The molecule has 0 unspecified atom stereocenters. The fourth-order valence-corrected chi connectivity index (χ4v) is 4.61. The van der Waals surface area contributed by atoms with E-state index in [1.165, 1.54) is 16.7 Å². The molecule has 27 heavy (non-hydrogen) atoms. The number of benzene rings is 1. The van der Waals surface area contributed by atoms with Gasteiger partial charge in [-0.2, -0.15) is 0 Å². The molecule has 0 aliphatic heterocycles. The highest BCUT2D eigenvalue weighted by Crippen LogP contribution is 2.47. The van der Waals surface area contributed by atoms with Crippen LogP contribution in [0, 0.1) is 24.7 Å². The lowest BCUT2D eigenvalue weighted by Gasteiger charge is -2.17. The monoisotopic (exact) mass is 365 g/mol. The molecular weight excluding hydrogens is 330 g/mol. The lowest BCUT2D eigenvalue weighted by atomic mass is 9.89. The standard InChI is InChI=1S/C25H35NO/c1-19-9-8-12-20(15-19)10-4-5-13-23-24-17-21(11-6-7-14-26(2)3)16-22(24)18-25(23)27/h5-6,8-9,11-13,15-16,22-25,27H,4,7,10,14,17-18H2,1-3H3/b11-6-,13-5+/t22-,23+,24-,25+/m0/s1. The Hall–Kier alpha value is -1.64. The molecule has 1 N–H and O–H groups in total. The van der Waals surface area contributed by atoms with Crippen LogP contribution in [0.15, 0.2) is 60.2 Å². The minimum Gasteiger partial charge on any atom is -0.392 e. The second-order valence-electron chi connectivity index (χ2n) is 8.60. The number of allylic oxidation sites excluding steroid dienone is 4. The lowest BCUT2D eigenvalue weighted by Crippen LogP contribution is -2.16. The smallest absolute Gasteiger partial charge is 0.0611 e. The first-order valence-electron chi connectivity index (χ1n) is 10.4. The number of fused-ring (bicyclic) bond motifs is 1. The SMILES string of the molecule is Cc1cccc(CC/C=C/[C@@H]2[C@H]3CC(/C=C\CCN(C)C)=C[C@H]3C[C@H]2O)c1. The summed E-state index contributed by atoms with van der Waals surface area (Å²) in [7, 11) is 4.23. The molecule has 0 amide bonds. The Kier molecular flexibility index (Phi) is 7.09. The van der Waals surface area contributed by atoms with E-state index in [1.807, 2.05) is 0 Å². The Balaban J connectivity index is 1.49. The van der Waals surface area contributed by atoms with E-state index in [0.29, 0.717) is 17.8 Å². The van der Waals surface area contributed by atoms with Gasteiger partial charge in [0.2, 0.25) is 0 Å². The van der Waals surface area contributed by atoms with Gasteiger partial charge in [0, 0.05) is 12.5 Å². The van der Waals surface area contributed by atoms with Gasteiger partial charge in [0.25, 0.3) is 0 Å². The maximum absolute atomic E-state index is 10.5. The van der Waals surface area contributed by atoms with Crippen LogP contribution in [-0.4, -0.2) is 36.8 Å². The summed E-state index contributed by atoms with van der Waals surface area (Å²) in [6, 6.07) is 8.76. The van der Waals surface area contributed by atoms with E-state index < -0.39 is 0 Å². The number of rotatable bonds is 8. The van der Waals surface area contributed by atoms with Gasteiger partial charge in [0.15, 0.2) is 0 Å². The van der Waals surface area contributed by atoms with E-state index >= 15 is 0 Å².